The van der Waals surface area contributed by atoms with Gasteiger partial charge in [0.05, 0.1) is 12.2 Å². The number of halogens is 1. The molecule has 20 heavy (non-hydrogen) atoms. The number of nitrogens with one attached hydrogen (secondary N) is 1. The van der Waals surface area contributed by atoms with Crippen LogP contribution >= 0.6 is 12.4 Å². The SMILES string of the molecule is CC1CCC(CCC(=O)N2CCC3CCC(C2)N3)O1.Cl. The highest BCUT2D eigenvalue weighted by Crippen LogP contribution is 2.24. The van der Waals surface area contributed by atoms with E-state index in [0.29, 0.717) is 36.6 Å². The maximum atomic E-state index is 12.3. The Morgan fingerprint density at radius 2 is 2.00 bits per heavy atom. The Bertz CT molecular complexity index is 340. The lowest BCUT2D eigenvalue weighted by Gasteiger charge is -2.24. The molecule has 116 valence electrons. The molecule has 3 aliphatic heterocycles. The molecule has 4 unspecified atom stereocenters. The molecule has 3 fully saturated rings. The van der Waals surface area contributed by atoms with E-state index in [-0.39, 0.29) is 12.4 Å². The third-order valence-electron chi connectivity index (χ3n) is 4.88. The second-order valence-electron chi connectivity index (χ2n) is 6.45. The van der Waals surface area contributed by atoms with Gasteiger partial charge in [0.1, 0.15) is 0 Å². The predicted molar refractivity (Wildman–Crippen MR) is 81.2 cm³/mol. The van der Waals surface area contributed by atoms with Crippen LogP contribution in [0.2, 0.25) is 0 Å². The lowest BCUT2D eigenvalue weighted by molar-refractivity contribution is -0.132. The van der Waals surface area contributed by atoms with E-state index in [1.165, 1.54) is 12.8 Å². The predicted octanol–water partition coefficient (Wildman–Crippen LogP) is 2.11. The molecule has 1 amide bonds. The van der Waals surface area contributed by atoms with Gasteiger partial charge in [-0.3, -0.25) is 4.79 Å². The number of carbonyl (C=O) groups is 1. The lowest BCUT2D eigenvalue weighted by Crippen LogP contribution is -2.39. The van der Waals surface area contributed by atoms with E-state index in [2.05, 4.69) is 17.1 Å². The maximum absolute atomic E-state index is 12.3. The van der Waals surface area contributed by atoms with Crippen LogP contribution in [0.25, 0.3) is 0 Å². The second-order valence-corrected chi connectivity index (χ2v) is 6.45. The number of ether oxygens (including phenoxy) is 1. The lowest BCUT2D eigenvalue weighted by atomic mass is 10.1. The smallest absolute Gasteiger partial charge is 0.222 e. The van der Waals surface area contributed by atoms with Gasteiger partial charge in [-0.2, -0.15) is 0 Å². The first kappa shape index (κ1) is 16.1. The van der Waals surface area contributed by atoms with Crippen LogP contribution in [0.3, 0.4) is 0 Å². The Hall–Kier alpha value is -0.320. The molecule has 4 atom stereocenters. The quantitative estimate of drug-likeness (QED) is 0.868. The molecule has 0 aromatic heterocycles. The summed E-state index contributed by atoms with van der Waals surface area (Å²) in [5, 5.41) is 3.62. The summed E-state index contributed by atoms with van der Waals surface area (Å²) in [6, 6.07) is 1.20. The van der Waals surface area contributed by atoms with Crippen molar-refractivity contribution in [2.45, 2.75) is 76.2 Å². The zero-order chi connectivity index (χ0) is 13.2. The van der Waals surface area contributed by atoms with E-state index in [1.54, 1.807) is 0 Å². The fourth-order valence-corrected chi connectivity index (χ4v) is 3.71. The molecule has 3 aliphatic rings. The Morgan fingerprint density at radius 1 is 1.20 bits per heavy atom. The molecule has 5 heteroatoms. The van der Waals surface area contributed by atoms with Crippen molar-refractivity contribution < 1.29 is 9.53 Å². The molecule has 3 rings (SSSR count). The van der Waals surface area contributed by atoms with Gasteiger partial charge in [-0.25, -0.2) is 0 Å². The maximum Gasteiger partial charge on any atom is 0.222 e. The number of nitrogens with zero attached hydrogens (tertiary/aromatic N) is 1. The summed E-state index contributed by atoms with van der Waals surface area (Å²) in [6.07, 6.45) is 8.20. The molecular weight excluding hydrogens is 276 g/mol. The van der Waals surface area contributed by atoms with Gasteiger partial charge in [0.25, 0.3) is 0 Å². The van der Waals surface area contributed by atoms with Crippen molar-refractivity contribution in [3.63, 3.8) is 0 Å². The highest BCUT2D eigenvalue weighted by atomic mass is 35.5. The van der Waals surface area contributed by atoms with Gasteiger partial charge >= 0.3 is 0 Å². The average Bonchev–Trinajstić information content (AvgIpc) is 2.92. The summed E-state index contributed by atoms with van der Waals surface area (Å²) < 4.78 is 5.79. The summed E-state index contributed by atoms with van der Waals surface area (Å²) in [6.45, 7) is 3.98. The second kappa shape index (κ2) is 7.10. The Balaban J connectivity index is 0.00000147. The largest absolute Gasteiger partial charge is 0.375 e. The summed E-state index contributed by atoms with van der Waals surface area (Å²) in [7, 11) is 0. The zero-order valence-electron chi connectivity index (χ0n) is 12.3. The van der Waals surface area contributed by atoms with Crippen LogP contribution in [-0.4, -0.2) is 48.2 Å². The number of hydrogen-bond donors (Lipinski definition) is 1. The molecule has 0 aromatic rings. The van der Waals surface area contributed by atoms with Gasteiger partial charge < -0.3 is 15.0 Å². The first-order chi connectivity index (χ1) is 9.20. The fraction of sp³-hybridized carbons (Fsp3) is 0.933. The van der Waals surface area contributed by atoms with E-state index in [4.69, 9.17) is 4.74 Å². The standard InChI is InChI=1S/C15H26N2O2.ClH/c1-11-2-5-14(19-11)6-7-15(18)17-9-8-12-3-4-13(10-17)16-12;/h11-14,16H,2-10H2,1H3;1H. The average molecular weight is 303 g/mol. The third-order valence-corrected chi connectivity index (χ3v) is 4.88. The van der Waals surface area contributed by atoms with Crippen LogP contribution in [0.1, 0.15) is 51.9 Å². The van der Waals surface area contributed by atoms with Crippen molar-refractivity contribution in [3.05, 3.63) is 0 Å². The minimum atomic E-state index is 0. The Kier molecular flexibility index (Phi) is 5.70. The molecule has 0 aliphatic carbocycles. The number of fused-ring (bicyclic) bond motifs is 2. The molecule has 4 nitrogen and oxygen atoms in total. The van der Waals surface area contributed by atoms with Crippen LogP contribution in [0.5, 0.6) is 0 Å². The van der Waals surface area contributed by atoms with E-state index in [9.17, 15) is 4.79 Å². The van der Waals surface area contributed by atoms with Gasteiger partial charge in [0.15, 0.2) is 0 Å². The molecule has 3 heterocycles. The minimum absolute atomic E-state index is 0. The number of carbonyl (C=O) groups excluding carboxylic acids is 1. The van der Waals surface area contributed by atoms with Crippen molar-refractivity contribution >= 4 is 18.3 Å². The number of hydrogen-bond acceptors (Lipinski definition) is 3. The summed E-state index contributed by atoms with van der Waals surface area (Å²) in [4.78, 5) is 14.4. The first-order valence-electron chi connectivity index (χ1n) is 7.90. The van der Waals surface area contributed by atoms with Gasteiger partial charge in [-0.15, -0.1) is 12.4 Å². The Morgan fingerprint density at radius 3 is 2.75 bits per heavy atom. The molecule has 0 saturated carbocycles. The van der Waals surface area contributed by atoms with E-state index >= 15 is 0 Å². The summed E-state index contributed by atoms with van der Waals surface area (Å²) in [5.41, 5.74) is 0. The van der Waals surface area contributed by atoms with Gasteiger partial charge in [-0.1, -0.05) is 0 Å². The monoisotopic (exact) mass is 302 g/mol. The number of likely N-dealkylation sites (tertiary alicyclic amines) is 1. The molecule has 0 spiro atoms. The zero-order valence-corrected chi connectivity index (χ0v) is 13.2. The molecule has 0 radical (unpaired) electrons. The van der Waals surface area contributed by atoms with Crippen molar-refractivity contribution in [1.82, 2.24) is 10.2 Å². The van der Waals surface area contributed by atoms with Gasteiger partial charge in [-0.05, 0) is 45.4 Å². The topological polar surface area (TPSA) is 41.6 Å². The Labute approximate surface area is 128 Å². The molecule has 2 bridgehead atoms. The van der Waals surface area contributed by atoms with Crippen LogP contribution in [0.15, 0.2) is 0 Å². The van der Waals surface area contributed by atoms with Crippen LogP contribution in [-0.2, 0) is 9.53 Å². The van der Waals surface area contributed by atoms with Crippen LogP contribution in [0.4, 0.5) is 0 Å². The number of amides is 1. The molecule has 1 N–H and O–H groups in total. The van der Waals surface area contributed by atoms with E-state index in [1.807, 2.05) is 0 Å². The summed E-state index contributed by atoms with van der Waals surface area (Å²) >= 11 is 0. The van der Waals surface area contributed by atoms with Crippen LogP contribution in [0, 0.1) is 0 Å². The first-order valence-corrected chi connectivity index (χ1v) is 7.90. The van der Waals surface area contributed by atoms with Crippen molar-refractivity contribution in [2.24, 2.45) is 0 Å². The fourth-order valence-electron chi connectivity index (χ4n) is 3.71. The molecule has 3 saturated heterocycles. The van der Waals surface area contributed by atoms with Crippen molar-refractivity contribution in [1.29, 1.82) is 0 Å². The van der Waals surface area contributed by atoms with E-state index in [0.717, 1.165) is 38.8 Å². The van der Waals surface area contributed by atoms with Gasteiger partial charge in [0.2, 0.25) is 5.91 Å². The highest BCUT2D eigenvalue weighted by Gasteiger charge is 2.31. The third kappa shape index (κ3) is 3.86. The normalized spacial score (nSPS) is 36.5. The number of rotatable bonds is 3. The minimum Gasteiger partial charge on any atom is -0.375 e. The van der Waals surface area contributed by atoms with Gasteiger partial charge in [0, 0.05) is 31.6 Å². The summed E-state index contributed by atoms with van der Waals surface area (Å²) in [5.74, 6) is 0.331. The van der Waals surface area contributed by atoms with Crippen LogP contribution < -0.4 is 5.32 Å². The molecular formula is C15H27ClN2O2. The van der Waals surface area contributed by atoms with Crippen molar-refractivity contribution in [3.8, 4) is 0 Å². The van der Waals surface area contributed by atoms with Crippen molar-refractivity contribution in [2.75, 3.05) is 13.1 Å². The highest BCUT2D eigenvalue weighted by molar-refractivity contribution is 5.85. The van der Waals surface area contributed by atoms with E-state index < -0.39 is 0 Å². The molecule has 0 aromatic carbocycles.